The smallest absolute Gasteiger partial charge is 0.341 e. The molecule has 3 unspecified atom stereocenters. The van der Waals surface area contributed by atoms with E-state index in [0.717, 1.165) is 22.6 Å². The number of aromatic nitrogens is 1. The van der Waals surface area contributed by atoms with Crippen LogP contribution in [0.2, 0.25) is 10.0 Å². The molecule has 3 aromatic rings. The lowest BCUT2D eigenvalue weighted by atomic mass is 9.95. The van der Waals surface area contributed by atoms with Crippen molar-refractivity contribution >= 4 is 46.4 Å². The van der Waals surface area contributed by atoms with Crippen LogP contribution in [0.4, 0.5) is 0 Å². The maximum absolute atomic E-state index is 13.7. The average molecular weight is 503 g/mol. The van der Waals surface area contributed by atoms with Crippen molar-refractivity contribution in [2.24, 2.45) is 5.92 Å². The van der Waals surface area contributed by atoms with Crippen LogP contribution in [-0.2, 0) is 16.0 Å². The molecule has 0 bridgehead atoms. The molecule has 1 amide bonds. The molecule has 2 aromatic carbocycles. The molecule has 1 N–H and O–H groups in total. The summed E-state index contributed by atoms with van der Waals surface area (Å²) >= 11 is 14.2. The van der Waals surface area contributed by atoms with E-state index in [2.05, 4.69) is 4.98 Å². The molecule has 1 aliphatic heterocycles. The standard InChI is InChI=1S/C24H20Cl2N2O4S/c25-13-5-6-20(32-11-21(29)30)17(9-13)22-23-19(27-12-33-23)7-8-28(22)24(31)16-10-15(16)14-3-1-2-4-18(14)26/h1-6,9,12,15-16,22H,7-8,10-11H2,(H,29,30). The molecule has 1 fully saturated rings. The first-order valence-electron chi connectivity index (χ1n) is 10.5. The number of ether oxygens (including phenoxy) is 1. The minimum Gasteiger partial charge on any atom is -0.482 e. The van der Waals surface area contributed by atoms with Crippen LogP contribution in [0.15, 0.2) is 48.0 Å². The van der Waals surface area contributed by atoms with Gasteiger partial charge in [0.1, 0.15) is 5.75 Å². The number of hydrogen-bond acceptors (Lipinski definition) is 5. The van der Waals surface area contributed by atoms with Gasteiger partial charge in [0.05, 0.1) is 22.1 Å². The van der Waals surface area contributed by atoms with Gasteiger partial charge in [0.25, 0.3) is 0 Å². The van der Waals surface area contributed by atoms with E-state index in [-0.39, 0.29) is 17.7 Å². The van der Waals surface area contributed by atoms with Gasteiger partial charge >= 0.3 is 5.97 Å². The number of benzene rings is 2. The molecule has 0 radical (unpaired) electrons. The summed E-state index contributed by atoms with van der Waals surface area (Å²) in [7, 11) is 0. The zero-order valence-corrected chi connectivity index (χ0v) is 19.7. The van der Waals surface area contributed by atoms with Crippen LogP contribution >= 0.6 is 34.5 Å². The first-order chi connectivity index (χ1) is 15.9. The summed E-state index contributed by atoms with van der Waals surface area (Å²) in [6.45, 7) is 0.0267. The molecule has 2 aliphatic rings. The van der Waals surface area contributed by atoms with Gasteiger partial charge in [-0.25, -0.2) is 9.78 Å². The van der Waals surface area contributed by atoms with E-state index in [1.165, 1.54) is 11.3 Å². The number of aliphatic carboxylic acids is 1. The van der Waals surface area contributed by atoms with Gasteiger partial charge in [0, 0.05) is 34.5 Å². The third kappa shape index (κ3) is 4.33. The van der Waals surface area contributed by atoms with E-state index >= 15 is 0 Å². The number of carboxylic acids is 1. The van der Waals surface area contributed by atoms with E-state index in [9.17, 15) is 9.59 Å². The number of fused-ring (bicyclic) bond motifs is 1. The number of hydrogen-bond donors (Lipinski definition) is 1. The fraction of sp³-hybridized carbons (Fsp3) is 0.292. The number of amides is 1. The Morgan fingerprint density at radius 3 is 2.79 bits per heavy atom. The highest BCUT2D eigenvalue weighted by atomic mass is 35.5. The third-order valence-electron chi connectivity index (χ3n) is 6.14. The summed E-state index contributed by atoms with van der Waals surface area (Å²) in [4.78, 5) is 32.1. The molecule has 1 saturated carbocycles. The molecule has 33 heavy (non-hydrogen) atoms. The van der Waals surface area contributed by atoms with Crippen LogP contribution in [0.1, 0.15) is 40.1 Å². The predicted octanol–water partition coefficient (Wildman–Crippen LogP) is 5.19. The minimum absolute atomic E-state index is 0.0492. The lowest BCUT2D eigenvalue weighted by molar-refractivity contribution is -0.139. The first-order valence-corrected chi connectivity index (χ1v) is 12.2. The Kier molecular flexibility index (Phi) is 6.03. The molecule has 0 saturated heterocycles. The van der Waals surface area contributed by atoms with Gasteiger partial charge in [-0.3, -0.25) is 4.79 Å². The van der Waals surface area contributed by atoms with Crippen molar-refractivity contribution < 1.29 is 19.4 Å². The molecule has 0 spiro atoms. The monoisotopic (exact) mass is 502 g/mol. The van der Waals surface area contributed by atoms with Crippen molar-refractivity contribution in [1.82, 2.24) is 9.88 Å². The molecule has 1 aromatic heterocycles. The van der Waals surface area contributed by atoms with Crippen LogP contribution in [-0.4, -0.2) is 40.0 Å². The molecule has 5 rings (SSSR count). The molecule has 170 valence electrons. The zero-order chi connectivity index (χ0) is 23.1. The first kappa shape index (κ1) is 22.2. The van der Waals surface area contributed by atoms with Crippen LogP contribution < -0.4 is 4.74 Å². The molecule has 6 nitrogen and oxygen atoms in total. The van der Waals surface area contributed by atoms with Crippen LogP contribution in [0.25, 0.3) is 0 Å². The van der Waals surface area contributed by atoms with E-state index in [1.807, 2.05) is 29.2 Å². The summed E-state index contributed by atoms with van der Waals surface area (Å²) < 4.78 is 5.58. The number of carbonyl (C=O) groups excluding carboxylic acids is 1. The number of thiazole rings is 1. The lowest BCUT2D eigenvalue weighted by Gasteiger charge is -2.36. The SMILES string of the molecule is O=C(O)COc1ccc(Cl)cc1C1c2scnc2CCN1C(=O)C1CC1c1ccccc1Cl. The molecular formula is C24H20Cl2N2O4S. The number of halogens is 2. The number of carboxylic acid groups (broad SMARTS) is 1. The van der Waals surface area contributed by atoms with Crippen molar-refractivity contribution in [3.63, 3.8) is 0 Å². The molecule has 3 atom stereocenters. The Morgan fingerprint density at radius 2 is 2.00 bits per heavy atom. The highest BCUT2D eigenvalue weighted by molar-refractivity contribution is 7.09. The summed E-state index contributed by atoms with van der Waals surface area (Å²) in [5.41, 5.74) is 4.38. The topological polar surface area (TPSA) is 79.7 Å². The summed E-state index contributed by atoms with van der Waals surface area (Å²) in [5, 5.41) is 10.3. The van der Waals surface area contributed by atoms with E-state index in [0.29, 0.717) is 34.3 Å². The molecule has 2 heterocycles. The van der Waals surface area contributed by atoms with E-state index in [4.69, 9.17) is 33.0 Å². The third-order valence-corrected chi connectivity index (χ3v) is 7.64. The predicted molar refractivity (Wildman–Crippen MR) is 126 cm³/mol. The van der Waals surface area contributed by atoms with Crippen LogP contribution in [0.3, 0.4) is 0 Å². The van der Waals surface area contributed by atoms with E-state index in [1.54, 1.807) is 23.7 Å². The highest BCUT2D eigenvalue weighted by Crippen LogP contribution is 2.52. The zero-order valence-electron chi connectivity index (χ0n) is 17.4. The quantitative estimate of drug-likeness (QED) is 0.501. The summed E-state index contributed by atoms with van der Waals surface area (Å²) in [6, 6.07) is 12.3. The normalized spacial score (nSPS) is 21.4. The second-order valence-corrected chi connectivity index (χ2v) is 9.91. The van der Waals surface area contributed by atoms with Gasteiger partial charge in [-0.2, -0.15) is 0 Å². The molecule has 1 aliphatic carbocycles. The van der Waals surface area contributed by atoms with Crippen molar-refractivity contribution in [1.29, 1.82) is 0 Å². The van der Waals surface area contributed by atoms with Crippen LogP contribution in [0.5, 0.6) is 5.75 Å². The highest BCUT2D eigenvalue weighted by Gasteiger charge is 2.49. The van der Waals surface area contributed by atoms with Crippen molar-refractivity contribution in [2.75, 3.05) is 13.2 Å². The second-order valence-electron chi connectivity index (χ2n) is 8.18. The van der Waals surface area contributed by atoms with Crippen LogP contribution in [0, 0.1) is 5.92 Å². The Bertz CT molecular complexity index is 1230. The molecular weight excluding hydrogens is 483 g/mol. The lowest BCUT2D eigenvalue weighted by Crippen LogP contribution is -2.41. The Hall–Kier alpha value is -2.61. The van der Waals surface area contributed by atoms with Gasteiger partial charge in [0.15, 0.2) is 6.61 Å². The van der Waals surface area contributed by atoms with Gasteiger partial charge < -0.3 is 14.7 Å². The van der Waals surface area contributed by atoms with Gasteiger partial charge in [-0.15, -0.1) is 11.3 Å². The fourth-order valence-corrected chi connectivity index (χ4v) is 5.96. The number of rotatable bonds is 6. The minimum atomic E-state index is -1.08. The van der Waals surface area contributed by atoms with Crippen molar-refractivity contribution in [2.45, 2.75) is 24.8 Å². The summed E-state index contributed by atoms with van der Waals surface area (Å²) in [5.74, 6) is -0.690. The number of nitrogens with zero attached hydrogens (tertiary/aromatic N) is 2. The van der Waals surface area contributed by atoms with Gasteiger partial charge in [-0.05, 0) is 42.2 Å². The summed E-state index contributed by atoms with van der Waals surface area (Å²) in [6.07, 6.45) is 1.41. The van der Waals surface area contributed by atoms with Crippen molar-refractivity contribution in [3.05, 3.63) is 79.7 Å². The molecule has 9 heteroatoms. The van der Waals surface area contributed by atoms with Crippen molar-refractivity contribution in [3.8, 4) is 5.75 Å². The Balaban J connectivity index is 1.50. The maximum Gasteiger partial charge on any atom is 0.341 e. The largest absolute Gasteiger partial charge is 0.482 e. The fourth-order valence-electron chi connectivity index (χ4n) is 4.54. The van der Waals surface area contributed by atoms with E-state index < -0.39 is 18.6 Å². The Morgan fingerprint density at radius 1 is 1.18 bits per heavy atom. The van der Waals surface area contributed by atoms with Gasteiger partial charge in [0.2, 0.25) is 5.91 Å². The second kappa shape index (κ2) is 8.97. The van der Waals surface area contributed by atoms with Gasteiger partial charge in [-0.1, -0.05) is 41.4 Å². The number of carbonyl (C=O) groups is 2. The Labute approximate surface area is 204 Å². The average Bonchev–Trinajstić information content (AvgIpc) is 3.44. The maximum atomic E-state index is 13.7.